The third-order valence-electron chi connectivity index (χ3n) is 3.92. The van der Waals surface area contributed by atoms with Gasteiger partial charge in [-0.1, -0.05) is 24.3 Å². The summed E-state index contributed by atoms with van der Waals surface area (Å²) in [5.74, 6) is 1.85. The Balaban J connectivity index is 1.85. The smallest absolute Gasteiger partial charge is 0.132 e. The van der Waals surface area contributed by atoms with E-state index in [1.807, 2.05) is 30.3 Å². The molecule has 0 saturated carbocycles. The maximum Gasteiger partial charge on any atom is 0.132 e. The van der Waals surface area contributed by atoms with Gasteiger partial charge in [-0.25, -0.2) is 0 Å². The fourth-order valence-electron chi connectivity index (χ4n) is 2.81. The van der Waals surface area contributed by atoms with E-state index in [1.165, 1.54) is 30.5 Å². The molecule has 0 radical (unpaired) electrons. The van der Waals surface area contributed by atoms with Crippen molar-refractivity contribution in [3.05, 3.63) is 54.1 Å². The predicted octanol–water partition coefficient (Wildman–Crippen LogP) is 4.78. The summed E-state index contributed by atoms with van der Waals surface area (Å²) in [6.45, 7) is 4.48. The summed E-state index contributed by atoms with van der Waals surface area (Å²) >= 11 is 0. The Labute approximate surface area is 121 Å². The van der Waals surface area contributed by atoms with Crippen LogP contribution in [0.25, 0.3) is 0 Å². The Morgan fingerprint density at radius 3 is 2.35 bits per heavy atom. The molecule has 2 aromatic carbocycles. The van der Waals surface area contributed by atoms with Crippen LogP contribution in [-0.2, 0) is 0 Å². The topological polar surface area (TPSA) is 12.5 Å². The summed E-state index contributed by atoms with van der Waals surface area (Å²) in [7, 11) is 0. The van der Waals surface area contributed by atoms with E-state index in [2.05, 4.69) is 30.0 Å². The van der Waals surface area contributed by atoms with Gasteiger partial charge in [0.25, 0.3) is 0 Å². The lowest BCUT2D eigenvalue weighted by atomic mass is 10.1. The van der Waals surface area contributed by atoms with Crippen molar-refractivity contribution in [1.29, 1.82) is 0 Å². The summed E-state index contributed by atoms with van der Waals surface area (Å²) in [5.41, 5.74) is 2.55. The van der Waals surface area contributed by atoms with E-state index in [0.29, 0.717) is 0 Å². The van der Waals surface area contributed by atoms with Gasteiger partial charge in [-0.2, -0.15) is 0 Å². The van der Waals surface area contributed by atoms with Gasteiger partial charge in [0, 0.05) is 24.3 Å². The predicted molar refractivity (Wildman–Crippen MR) is 83.8 cm³/mol. The van der Waals surface area contributed by atoms with Crippen molar-refractivity contribution in [2.24, 2.45) is 0 Å². The van der Waals surface area contributed by atoms with E-state index in [1.54, 1.807) is 0 Å². The maximum atomic E-state index is 6.01. The van der Waals surface area contributed by atoms with Crippen molar-refractivity contribution < 1.29 is 4.74 Å². The number of ether oxygens (including phenoxy) is 1. The Bertz CT molecular complexity index is 559. The van der Waals surface area contributed by atoms with Crippen molar-refractivity contribution in [2.75, 3.05) is 18.0 Å². The molecule has 2 aromatic rings. The molecular formula is C18H21NO. The largest absolute Gasteiger partial charge is 0.457 e. The zero-order valence-electron chi connectivity index (χ0n) is 12.0. The van der Waals surface area contributed by atoms with Gasteiger partial charge in [0.2, 0.25) is 0 Å². The summed E-state index contributed by atoms with van der Waals surface area (Å²) in [6, 6.07) is 16.3. The van der Waals surface area contributed by atoms with Crippen LogP contribution in [0.1, 0.15) is 24.8 Å². The van der Waals surface area contributed by atoms with Crippen molar-refractivity contribution in [3.8, 4) is 11.5 Å². The molecule has 1 aliphatic heterocycles. The van der Waals surface area contributed by atoms with Crippen LogP contribution in [0.2, 0.25) is 0 Å². The number of para-hydroxylation sites is 1. The summed E-state index contributed by atoms with van der Waals surface area (Å²) < 4.78 is 6.01. The van der Waals surface area contributed by atoms with Crippen LogP contribution in [0, 0.1) is 6.92 Å². The third kappa shape index (κ3) is 2.79. The van der Waals surface area contributed by atoms with Gasteiger partial charge in [0.1, 0.15) is 11.5 Å². The Morgan fingerprint density at radius 2 is 1.60 bits per heavy atom. The molecule has 2 heteroatoms. The summed E-state index contributed by atoms with van der Waals surface area (Å²) in [4.78, 5) is 2.48. The molecule has 20 heavy (non-hydrogen) atoms. The van der Waals surface area contributed by atoms with Crippen LogP contribution >= 0.6 is 0 Å². The molecule has 0 unspecified atom stereocenters. The fraction of sp³-hybridized carbons (Fsp3) is 0.333. The molecule has 0 aromatic heterocycles. The second kappa shape index (κ2) is 6.00. The highest BCUT2D eigenvalue weighted by Gasteiger charge is 2.15. The molecule has 1 saturated heterocycles. The van der Waals surface area contributed by atoms with Crippen LogP contribution in [0.3, 0.4) is 0 Å². The lowest BCUT2D eigenvalue weighted by molar-refractivity contribution is 0.478. The molecule has 1 aliphatic rings. The van der Waals surface area contributed by atoms with Gasteiger partial charge in [-0.3, -0.25) is 0 Å². The first kappa shape index (κ1) is 13.0. The molecule has 104 valence electrons. The van der Waals surface area contributed by atoms with E-state index < -0.39 is 0 Å². The fourth-order valence-corrected chi connectivity index (χ4v) is 2.81. The molecule has 1 heterocycles. The molecule has 0 amide bonds. The first-order valence-corrected chi connectivity index (χ1v) is 7.42. The SMILES string of the molecule is Cc1c(Oc2ccccc2)cccc1N1CCCCC1. The molecule has 1 fully saturated rings. The molecule has 2 nitrogen and oxygen atoms in total. The second-order valence-electron chi connectivity index (χ2n) is 5.36. The number of rotatable bonds is 3. The van der Waals surface area contributed by atoms with Crippen LogP contribution in [0.5, 0.6) is 11.5 Å². The Morgan fingerprint density at radius 1 is 0.850 bits per heavy atom. The quantitative estimate of drug-likeness (QED) is 0.793. The van der Waals surface area contributed by atoms with Gasteiger partial charge < -0.3 is 9.64 Å². The highest BCUT2D eigenvalue weighted by Crippen LogP contribution is 2.32. The second-order valence-corrected chi connectivity index (χ2v) is 5.36. The van der Waals surface area contributed by atoms with E-state index in [4.69, 9.17) is 4.74 Å². The van der Waals surface area contributed by atoms with E-state index in [-0.39, 0.29) is 0 Å². The highest BCUT2D eigenvalue weighted by atomic mass is 16.5. The molecule has 0 spiro atoms. The average Bonchev–Trinajstić information content (AvgIpc) is 2.51. The van der Waals surface area contributed by atoms with Crippen molar-refractivity contribution >= 4 is 5.69 Å². The molecule has 0 atom stereocenters. The molecule has 0 bridgehead atoms. The number of hydrogen-bond donors (Lipinski definition) is 0. The van der Waals surface area contributed by atoms with Gasteiger partial charge in [-0.05, 0) is 50.5 Å². The molecular weight excluding hydrogens is 246 g/mol. The maximum absolute atomic E-state index is 6.01. The van der Waals surface area contributed by atoms with Crippen molar-refractivity contribution in [2.45, 2.75) is 26.2 Å². The van der Waals surface area contributed by atoms with Crippen LogP contribution in [-0.4, -0.2) is 13.1 Å². The van der Waals surface area contributed by atoms with Gasteiger partial charge in [-0.15, -0.1) is 0 Å². The monoisotopic (exact) mass is 267 g/mol. The van der Waals surface area contributed by atoms with Gasteiger partial charge in [0.15, 0.2) is 0 Å². The van der Waals surface area contributed by atoms with E-state index in [9.17, 15) is 0 Å². The lowest BCUT2D eigenvalue weighted by Crippen LogP contribution is -2.29. The Kier molecular flexibility index (Phi) is 3.91. The number of piperidine rings is 1. The molecule has 0 N–H and O–H groups in total. The minimum absolute atomic E-state index is 0.895. The minimum Gasteiger partial charge on any atom is -0.457 e. The number of nitrogens with zero attached hydrogens (tertiary/aromatic N) is 1. The lowest BCUT2D eigenvalue weighted by Gasteiger charge is -2.30. The van der Waals surface area contributed by atoms with Crippen LogP contribution in [0.4, 0.5) is 5.69 Å². The Hall–Kier alpha value is -1.96. The summed E-state index contributed by atoms with van der Waals surface area (Å²) in [5, 5.41) is 0. The van der Waals surface area contributed by atoms with Crippen molar-refractivity contribution in [1.82, 2.24) is 0 Å². The normalized spacial score (nSPS) is 15.2. The van der Waals surface area contributed by atoms with Crippen LogP contribution in [0.15, 0.2) is 48.5 Å². The third-order valence-corrected chi connectivity index (χ3v) is 3.92. The molecule has 0 aliphatic carbocycles. The average molecular weight is 267 g/mol. The van der Waals surface area contributed by atoms with Gasteiger partial charge in [0.05, 0.1) is 0 Å². The standard InChI is InChI=1S/C18H21NO/c1-15-17(19-13-6-3-7-14-19)11-8-12-18(15)20-16-9-4-2-5-10-16/h2,4-5,8-12H,3,6-7,13-14H2,1H3. The van der Waals surface area contributed by atoms with Crippen LogP contribution < -0.4 is 9.64 Å². The first-order chi connectivity index (χ1) is 9.84. The zero-order valence-corrected chi connectivity index (χ0v) is 12.0. The number of benzene rings is 2. The number of hydrogen-bond acceptors (Lipinski definition) is 2. The van der Waals surface area contributed by atoms with Crippen molar-refractivity contribution in [3.63, 3.8) is 0 Å². The van der Waals surface area contributed by atoms with E-state index in [0.717, 1.165) is 24.6 Å². The summed E-state index contributed by atoms with van der Waals surface area (Å²) in [6.07, 6.45) is 3.95. The highest BCUT2D eigenvalue weighted by molar-refractivity contribution is 5.59. The van der Waals surface area contributed by atoms with E-state index >= 15 is 0 Å². The van der Waals surface area contributed by atoms with Gasteiger partial charge >= 0.3 is 0 Å². The molecule has 3 rings (SSSR count). The first-order valence-electron chi connectivity index (χ1n) is 7.42. The zero-order chi connectivity index (χ0) is 13.8. The minimum atomic E-state index is 0.895. The number of anilines is 1.